The molecule has 0 spiro atoms. The summed E-state index contributed by atoms with van der Waals surface area (Å²) in [4.78, 5) is 26.7. The number of aromatic nitrogens is 1. The Morgan fingerprint density at radius 3 is 2.38 bits per heavy atom. The molecular weight excluding hydrogens is 456 g/mol. The second-order valence-corrected chi connectivity index (χ2v) is 8.78. The monoisotopic (exact) mass is 480 g/mol. The van der Waals surface area contributed by atoms with Crippen molar-refractivity contribution in [1.29, 1.82) is 0 Å². The minimum absolute atomic E-state index is 0.189. The van der Waals surface area contributed by atoms with Gasteiger partial charge in [-0.2, -0.15) is 4.89 Å². The van der Waals surface area contributed by atoms with E-state index in [1.807, 2.05) is 50.1 Å². The molecule has 0 radical (unpaired) electrons. The van der Waals surface area contributed by atoms with E-state index in [4.69, 9.17) is 16.1 Å². The molecule has 8 heteroatoms. The van der Waals surface area contributed by atoms with Gasteiger partial charge in [0.15, 0.2) is 5.75 Å². The number of pyridine rings is 1. The highest BCUT2D eigenvalue weighted by molar-refractivity contribution is 7.39. The molecule has 0 aliphatic carbocycles. The lowest BCUT2D eigenvalue weighted by Crippen LogP contribution is -2.27. The van der Waals surface area contributed by atoms with Crippen molar-refractivity contribution in [2.45, 2.75) is 38.5 Å². The Bertz CT molecular complexity index is 1240. The van der Waals surface area contributed by atoms with Gasteiger partial charge < -0.3 is 9.84 Å². The first-order chi connectivity index (χ1) is 16.3. The molecule has 174 valence electrons. The molecule has 1 aromatic heterocycles. The van der Waals surface area contributed by atoms with Gasteiger partial charge in [0.05, 0.1) is 17.8 Å². The van der Waals surface area contributed by atoms with Crippen molar-refractivity contribution in [1.82, 2.24) is 4.98 Å². The van der Waals surface area contributed by atoms with E-state index in [1.54, 1.807) is 12.1 Å². The normalized spacial score (nSPS) is 13.0. The predicted octanol–water partition coefficient (Wildman–Crippen LogP) is 4.82. The Morgan fingerprint density at radius 1 is 1.18 bits per heavy atom. The van der Waals surface area contributed by atoms with Crippen molar-refractivity contribution in [2.75, 3.05) is 0 Å². The fraction of sp³-hybridized carbons (Fsp3) is 0.231. The molecule has 3 unspecified atom stereocenters. The van der Waals surface area contributed by atoms with Crippen molar-refractivity contribution in [3.63, 3.8) is 0 Å². The van der Waals surface area contributed by atoms with Crippen LogP contribution in [0.4, 0.5) is 4.39 Å². The summed E-state index contributed by atoms with van der Waals surface area (Å²) >= 11 is 0. The second-order valence-electron chi connectivity index (χ2n) is 7.62. The van der Waals surface area contributed by atoms with E-state index in [1.165, 1.54) is 12.1 Å². The zero-order valence-corrected chi connectivity index (χ0v) is 19.6. The van der Waals surface area contributed by atoms with Crippen LogP contribution in [0.25, 0.3) is 22.4 Å². The van der Waals surface area contributed by atoms with E-state index >= 15 is 0 Å². The zero-order chi connectivity index (χ0) is 24.8. The summed E-state index contributed by atoms with van der Waals surface area (Å²) in [6.07, 6.45) is 3.50. The van der Waals surface area contributed by atoms with Crippen LogP contribution in [0.2, 0.25) is 0 Å². The third-order valence-electron chi connectivity index (χ3n) is 5.35. The van der Waals surface area contributed by atoms with Crippen LogP contribution < -0.4 is 4.74 Å². The van der Waals surface area contributed by atoms with Gasteiger partial charge in [0.25, 0.3) is 5.66 Å². The highest BCUT2D eigenvalue weighted by Gasteiger charge is 2.37. The number of halogens is 1. The predicted molar refractivity (Wildman–Crippen MR) is 128 cm³/mol. The average molecular weight is 480 g/mol. The summed E-state index contributed by atoms with van der Waals surface area (Å²) in [7, 11) is -2.88. The molecule has 0 fully saturated rings. The fourth-order valence-corrected chi connectivity index (χ4v) is 4.18. The van der Waals surface area contributed by atoms with Crippen molar-refractivity contribution in [2.24, 2.45) is 0 Å². The Kier molecular flexibility index (Phi) is 8.25. The van der Waals surface area contributed by atoms with Gasteiger partial charge in [-0.3, -0.25) is 4.79 Å². The zero-order valence-electron chi connectivity index (χ0n) is 18.7. The van der Waals surface area contributed by atoms with Crippen molar-refractivity contribution in [3.8, 4) is 40.5 Å². The maximum atomic E-state index is 13.6. The van der Waals surface area contributed by atoms with E-state index in [2.05, 4.69) is 0 Å². The summed E-state index contributed by atoms with van der Waals surface area (Å²) in [6, 6.07) is 15.3. The van der Waals surface area contributed by atoms with Gasteiger partial charge >= 0.3 is 14.0 Å². The molecule has 6 nitrogen and oxygen atoms in total. The van der Waals surface area contributed by atoms with Crippen molar-refractivity contribution in [3.05, 3.63) is 71.7 Å². The van der Waals surface area contributed by atoms with Gasteiger partial charge in [0.1, 0.15) is 11.9 Å². The van der Waals surface area contributed by atoms with E-state index in [0.717, 1.165) is 11.1 Å². The maximum absolute atomic E-state index is 13.6. The van der Waals surface area contributed by atoms with Gasteiger partial charge in [0.2, 0.25) is 0 Å². The molecule has 2 N–H and O–H groups in total. The van der Waals surface area contributed by atoms with Crippen LogP contribution in [0.15, 0.2) is 54.6 Å². The van der Waals surface area contributed by atoms with Crippen LogP contribution in [0.3, 0.4) is 0 Å². The second kappa shape index (κ2) is 11.1. The van der Waals surface area contributed by atoms with Gasteiger partial charge in [-0.15, -0.1) is 6.42 Å². The number of hydrogen-bond donors (Lipinski definition) is 2. The van der Waals surface area contributed by atoms with Gasteiger partial charge in [-0.05, 0) is 47.1 Å². The van der Waals surface area contributed by atoms with E-state index in [-0.39, 0.29) is 5.75 Å². The van der Waals surface area contributed by atoms with E-state index in [0.29, 0.717) is 28.9 Å². The Labute approximate surface area is 198 Å². The van der Waals surface area contributed by atoms with Gasteiger partial charge in [-0.25, -0.2) is 9.37 Å². The van der Waals surface area contributed by atoms with Crippen LogP contribution >= 0.6 is 8.03 Å². The molecule has 3 atom stereocenters. The number of esters is 1. The summed E-state index contributed by atoms with van der Waals surface area (Å²) < 4.78 is 30.7. The molecule has 0 aliphatic heterocycles. The topological polar surface area (TPSA) is 96.7 Å². The molecule has 1 heterocycles. The lowest BCUT2D eigenvalue weighted by Gasteiger charge is -2.20. The van der Waals surface area contributed by atoms with Crippen molar-refractivity contribution >= 4 is 14.0 Å². The minimum atomic E-state index is -2.88. The smallest absolute Gasteiger partial charge is 0.424 e. The Morgan fingerprint density at radius 2 is 1.82 bits per heavy atom. The van der Waals surface area contributed by atoms with Crippen LogP contribution in [0.1, 0.15) is 24.6 Å². The number of aliphatic hydroxyl groups is 1. The summed E-state index contributed by atoms with van der Waals surface area (Å²) in [5.41, 5.74) is 2.57. The Hall–Kier alpha value is -3.43. The molecule has 2 aromatic carbocycles. The molecule has 3 rings (SSSR count). The molecule has 0 aliphatic rings. The largest absolute Gasteiger partial charge is 0.524 e. The molecule has 0 bridgehead atoms. The quantitative estimate of drug-likeness (QED) is 0.273. The molecule has 34 heavy (non-hydrogen) atoms. The van der Waals surface area contributed by atoms with Gasteiger partial charge in [0, 0.05) is 11.1 Å². The summed E-state index contributed by atoms with van der Waals surface area (Å²) in [6.45, 7) is 3.70. The molecular formula is C26H24FNO5P+. The lowest BCUT2D eigenvalue weighted by atomic mass is 9.94. The molecule has 3 aromatic rings. The minimum Gasteiger partial charge on any atom is -0.424 e. The standard InChI is InChI=1S/C26H23FNO5P/c1-4-20-26(33-23(30)15-21(29)22(5-2)34(31)32)24(17-11-13-19(27)14-12-17)16(3)25(28-20)18-9-7-6-8-10-18/h2,6-14,21-22,29H,4,15H2,1,3H3/p+1. The van der Waals surface area contributed by atoms with Crippen LogP contribution in [-0.4, -0.2) is 32.7 Å². The summed E-state index contributed by atoms with van der Waals surface area (Å²) in [5, 5.41) is 10.2. The third kappa shape index (κ3) is 5.55. The van der Waals surface area contributed by atoms with Crippen LogP contribution in [0.5, 0.6) is 5.75 Å². The number of ether oxygens (including phenoxy) is 1. The van der Waals surface area contributed by atoms with Crippen LogP contribution in [-0.2, 0) is 15.8 Å². The van der Waals surface area contributed by atoms with E-state index in [9.17, 15) is 23.7 Å². The number of terminal acetylenes is 1. The highest BCUT2D eigenvalue weighted by atomic mass is 31.1. The van der Waals surface area contributed by atoms with E-state index < -0.39 is 38.0 Å². The first kappa shape index (κ1) is 25.2. The van der Waals surface area contributed by atoms with Gasteiger partial charge in [-0.1, -0.05) is 49.4 Å². The number of carbonyl (C=O) groups excluding carboxylic acids is 1. The molecule has 0 amide bonds. The number of aliphatic hydroxyl groups excluding tert-OH is 1. The number of aryl methyl sites for hydroxylation is 1. The number of hydrogen-bond acceptors (Lipinski definition) is 5. The highest BCUT2D eigenvalue weighted by Crippen LogP contribution is 2.40. The number of nitrogens with zero attached hydrogens (tertiary/aromatic N) is 1. The average Bonchev–Trinajstić information content (AvgIpc) is 2.81. The SMILES string of the molecule is C#CC(C(O)CC(=O)Oc1c(CC)nc(-c2ccccc2)c(C)c1-c1ccc(F)cc1)[P+](=O)O. The Balaban J connectivity index is 2.11. The third-order valence-corrected chi connectivity index (χ3v) is 6.32. The number of rotatable bonds is 8. The lowest BCUT2D eigenvalue weighted by molar-refractivity contribution is -0.136. The van der Waals surface area contributed by atoms with Crippen LogP contribution in [0, 0.1) is 25.1 Å². The fourth-order valence-electron chi connectivity index (χ4n) is 3.65. The maximum Gasteiger partial charge on any atom is 0.524 e. The first-order valence-electron chi connectivity index (χ1n) is 10.6. The number of carbonyl (C=O) groups is 1. The van der Waals surface area contributed by atoms with Crippen molar-refractivity contribution < 1.29 is 28.5 Å². The number of benzene rings is 2. The molecule has 0 saturated heterocycles. The molecule has 0 saturated carbocycles. The summed E-state index contributed by atoms with van der Waals surface area (Å²) in [5.74, 6) is 0.975. The first-order valence-corrected chi connectivity index (χ1v) is 11.9.